The van der Waals surface area contributed by atoms with Crippen LogP contribution in [0.25, 0.3) is 11.0 Å². The summed E-state index contributed by atoms with van der Waals surface area (Å²) >= 11 is 0. The highest BCUT2D eigenvalue weighted by Crippen LogP contribution is 2.33. The molecule has 4 rings (SSSR count). The Morgan fingerprint density at radius 3 is 2.36 bits per heavy atom. The molecule has 2 aromatic heterocycles. The fourth-order valence-corrected chi connectivity index (χ4v) is 3.99. The normalized spacial score (nSPS) is 21.3. The molecule has 0 aliphatic carbocycles. The van der Waals surface area contributed by atoms with E-state index in [0.29, 0.717) is 16.7 Å². The number of hydrogen-bond donors (Lipinski definition) is 0. The molecule has 1 aliphatic heterocycles. The van der Waals surface area contributed by atoms with Crippen LogP contribution in [0.3, 0.4) is 0 Å². The lowest BCUT2D eigenvalue weighted by atomic mass is 10.1. The van der Waals surface area contributed by atoms with Gasteiger partial charge in [0, 0.05) is 38.4 Å². The Hall–Kier alpha value is -4.26. The first-order valence-corrected chi connectivity index (χ1v) is 10.9. The van der Waals surface area contributed by atoms with Crippen molar-refractivity contribution in [2.75, 3.05) is 6.61 Å². The number of esters is 3. The van der Waals surface area contributed by atoms with Crippen LogP contribution in [-0.4, -0.2) is 57.1 Å². The van der Waals surface area contributed by atoms with E-state index in [1.54, 1.807) is 24.3 Å². The lowest BCUT2D eigenvalue weighted by Gasteiger charge is -2.24. The second-order valence-electron chi connectivity index (χ2n) is 8.07. The third-order valence-corrected chi connectivity index (χ3v) is 5.47. The number of para-hydroxylation sites is 1. The van der Waals surface area contributed by atoms with Gasteiger partial charge in [0.2, 0.25) is 0 Å². The van der Waals surface area contributed by atoms with Crippen molar-refractivity contribution < 1.29 is 37.9 Å². The predicted molar refractivity (Wildman–Crippen MR) is 120 cm³/mol. The summed E-state index contributed by atoms with van der Waals surface area (Å²) in [5.74, 6) is -2.04. The number of aromatic nitrogens is 3. The lowest BCUT2D eigenvalue weighted by Crippen LogP contribution is -2.45. The molecule has 13 heteroatoms. The van der Waals surface area contributed by atoms with E-state index in [2.05, 4.69) is 5.16 Å². The first kappa shape index (κ1) is 24.9. The molecule has 1 fully saturated rings. The maximum atomic E-state index is 13.4. The van der Waals surface area contributed by atoms with E-state index in [0.717, 1.165) is 29.0 Å². The quantitative estimate of drug-likeness (QED) is 0.328. The highest BCUT2D eigenvalue weighted by Gasteiger charge is 2.51. The number of ether oxygens (including phenoxy) is 4. The molecule has 3 heterocycles. The van der Waals surface area contributed by atoms with Gasteiger partial charge in [-0.25, -0.2) is 4.79 Å². The van der Waals surface area contributed by atoms with Gasteiger partial charge in [0.05, 0.1) is 6.54 Å². The summed E-state index contributed by atoms with van der Waals surface area (Å²) in [4.78, 5) is 61.0. The Morgan fingerprint density at radius 1 is 0.972 bits per heavy atom. The molecular weight excluding hydrogens is 478 g/mol. The number of benzene rings is 1. The summed E-state index contributed by atoms with van der Waals surface area (Å²) in [6, 6.07) is 8.11. The van der Waals surface area contributed by atoms with Gasteiger partial charge < -0.3 is 23.5 Å². The number of carbonyl (C=O) groups is 3. The van der Waals surface area contributed by atoms with Gasteiger partial charge in [-0.15, -0.1) is 0 Å². The molecule has 0 radical (unpaired) electrons. The molecule has 1 aliphatic rings. The predicted octanol–water partition coefficient (Wildman–Crippen LogP) is 0.523. The van der Waals surface area contributed by atoms with Crippen LogP contribution in [0.1, 0.15) is 32.7 Å². The molecule has 0 amide bonds. The van der Waals surface area contributed by atoms with E-state index >= 15 is 0 Å². The Balaban J connectivity index is 1.74. The van der Waals surface area contributed by atoms with E-state index in [4.69, 9.17) is 23.5 Å². The van der Waals surface area contributed by atoms with Crippen LogP contribution in [0.2, 0.25) is 0 Å². The molecule has 0 N–H and O–H groups in total. The first-order valence-electron chi connectivity index (χ1n) is 10.9. The van der Waals surface area contributed by atoms with Crippen LogP contribution in [-0.2, 0) is 39.9 Å². The Bertz CT molecular complexity index is 1420. The number of hydrogen-bond acceptors (Lipinski definition) is 11. The first-order chi connectivity index (χ1) is 17.2. The van der Waals surface area contributed by atoms with E-state index in [9.17, 15) is 24.0 Å². The van der Waals surface area contributed by atoms with Gasteiger partial charge in [-0.1, -0.05) is 17.3 Å². The van der Waals surface area contributed by atoms with Crippen molar-refractivity contribution >= 4 is 28.9 Å². The topological polar surface area (TPSA) is 158 Å². The van der Waals surface area contributed by atoms with Gasteiger partial charge in [0.15, 0.2) is 24.0 Å². The van der Waals surface area contributed by atoms with Gasteiger partial charge in [-0.2, -0.15) is 0 Å². The third kappa shape index (κ3) is 5.05. The Labute approximate surface area is 203 Å². The zero-order chi connectivity index (χ0) is 26.0. The van der Waals surface area contributed by atoms with Crippen molar-refractivity contribution in [1.82, 2.24) is 14.3 Å². The molecule has 190 valence electrons. The van der Waals surface area contributed by atoms with Crippen LogP contribution in [0, 0.1) is 0 Å². The Kier molecular flexibility index (Phi) is 7.01. The minimum Gasteiger partial charge on any atom is -0.463 e. The standard InChI is InChI=1S/C23H23N3O10/c1-12(27)32-11-18-20(33-13(2)28)21(34-14(3)29)22(35-18)25-9-8-19(30)26(23(25)31)10-16-15-6-4-5-7-17(15)36-24-16/h4-9,18,20-22H,10-11H2,1-3H3/t18-,20?,21+,22-/m1/s1. The summed E-state index contributed by atoms with van der Waals surface area (Å²) in [5, 5.41) is 4.59. The van der Waals surface area contributed by atoms with E-state index < -0.39 is 53.7 Å². The maximum absolute atomic E-state index is 13.4. The maximum Gasteiger partial charge on any atom is 0.333 e. The SMILES string of the molecule is CC(=O)OC[C@H]1O[C@@H](n2ccc(=O)n(Cc3noc4ccccc34)c2=O)[C@@H](OC(C)=O)C1OC(C)=O. The third-order valence-electron chi connectivity index (χ3n) is 5.47. The smallest absolute Gasteiger partial charge is 0.333 e. The highest BCUT2D eigenvalue weighted by molar-refractivity contribution is 5.79. The summed E-state index contributed by atoms with van der Waals surface area (Å²) in [7, 11) is 0. The average Bonchev–Trinajstić information content (AvgIpc) is 3.36. The molecule has 0 saturated carbocycles. The zero-order valence-corrected chi connectivity index (χ0v) is 19.6. The van der Waals surface area contributed by atoms with Crippen molar-refractivity contribution in [1.29, 1.82) is 0 Å². The van der Waals surface area contributed by atoms with Crippen molar-refractivity contribution in [2.24, 2.45) is 0 Å². The summed E-state index contributed by atoms with van der Waals surface area (Å²) < 4.78 is 28.8. The van der Waals surface area contributed by atoms with Crippen LogP contribution in [0.15, 0.2) is 50.6 Å². The van der Waals surface area contributed by atoms with Crippen LogP contribution in [0.4, 0.5) is 0 Å². The second-order valence-corrected chi connectivity index (χ2v) is 8.07. The monoisotopic (exact) mass is 501 g/mol. The molecule has 36 heavy (non-hydrogen) atoms. The van der Waals surface area contributed by atoms with Crippen molar-refractivity contribution in [3.63, 3.8) is 0 Å². The second kappa shape index (κ2) is 10.2. The van der Waals surface area contributed by atoms with E-state index in [1.807, 2.05) is 0 Å². The minimum absolute atomic E-state index is 0.204. The van der Waals surface area contributed by atoms with Crippen LogP contribution in [0.5, 0.6) is 0 Å². The van der Waals surface area contributed by atoms with Crippen molar-refractivity contribution in [2.45, 2.75) is 51.9 Å². The molecule has 13 nitrogen and oxygen atoms in total. The van der Waals surface area contributed by atoms with Gasteiger partial charge in [-0.3, -0.25) is 28.3 Å². The number of fused-ring (bicyclic) bond motifs is 1. The largest absolute Gasteiger partial charge is 0.463 e. The number of carbonyl (C=O) groups excluding carboxylic acids is 3. The Morgan fingerprint density at radius 2 is 1.67 bits per heavy atom. The van der Waals surface area contributed by atoms with Gasteiger partial charge in [-0.05, 0) is 12.1 Å². The van der Waals surface area contributed by atoms with Gasteiger partial charge in [0.25, 0.3) is 5.56 Å². The summed E-state index contributed by atoms with van der Waals surface area (Å²) in [6.07, 6.45) is -3.64. The average molecular weight is 501 g/mol. The summed E-state index contributed by atoms with van der Waals surface area (Å²) in [6.45, 7) is 2.94. The van der Waals surface area contributed by atoms with Crippen LogP contribution < -0.4 is 11.2 Å². The fraction of sp³-hybridized carbons (Fsp3) is 0.391. The van der Waals surface area contributed by atoms with Crippen LogP contribution >= 0.6 is 0 Å². The molecule has 4 atom stereocenters. The molecular formula is C23H23N3O10. The highest BCUT2D eigenvalue weighted by atomic mass is 16.7. The lowest BCUT2D eigenvalue weighted by molar-refractivity contribution is -0.166. The van der Waals surface area contributed by atoms with Gasteiger partial charge in [0.1, 0.15) is 18.4 Å². The van der Waals surface area contributed by atoms with Crippen molar-refractivity contribution in [3.05, 3.63) is 63.1 Å². The number of nitrogens with zero attached hydrogens (tertiary/aromatic N) is 3. The van der Waals surface area contributed by atoms with E-state index in [1.165, 1.54) is 13.1 Å². The number of rotatable bonds is 7. The molecule has 0 spiro atoms. The van der Waals surface area contributed by atoms with Crippen molar-refractivity contribution in [3.8, 4) is 0 Å². The molecule has 0 bridgehead atoms. The fourth-order valence-electron chi connectivity index (χ4n) is 3.99. The molecule has 1 saturated heterocycles. The molecule has 3 aromatic rings. The minimum atomic E-state index is -1.30. The van der Waals surface area contributed by atoms with E-state index in [-0.39, 0.29) is 13.2 Å². The zero-order valence-electron chi connectivity index (χ0n) is 19.6. The molecule has 1 unspecified atom stereocenters. The van der Waals surface area contributed by atoms with Gasteiger partial charge >= 0.3 is 23.6 Å². The summed E-state index contributed by atoms with van der Waals surface area (Å²) in [5.41, 5.74) is -0.565. The molecule has 1 aromatic carbocycles.